The Hall–Kier alpha value is -2.95. The Labute approximate surface area is 177 Å². The van der Waals surface area contributed by atoms with Gasteiger partial charge in [-0.1, -0.05) is 30.3 Å². The lowest BCUT2D eigenvalue weighted by Gasteiger charge is -2.24. The fourth-order valence-corrected chi connectivity index (χ4v) is 2.80. The molecule has 7 heteroatoms. The number of rotatable bonds is 10. The van der Waals surface area contributed by atoms with Crippen molar-refractivity contribution in [2.45, 2.75) is 19.9 Å². The van der Waals surface area contributed by atoms with Crippen molar-refractivity contribution < 1.29 is 14.3 Å². The monoisotopic (exact) mass is 411 g/mol. The zero-order valence-electron chi connectivity index (χ0n) is 16.5. The molecule has 6 nitrogen and oxygen atoms in total. The Morgan fingerprint density at radius 2 is 1.86 bits per heavy atom. The summed E-state index contributed by atoms with van der Waals surface area (Å²) < 4.78 is 10.8. The summed E-state index contributed by atoms with van der Waals surface area (Å²) in [6.07, 6.45) is 0.316. The van der Waals surface area contributed by atoms with Crippen LogP contribution in [0.3, 0.4) is 0 Å². The summed E-state index contributed by atoms with van der Waals surface area (Å²) in [6, 6.07) is 18.7. The van der Waals surface area contributed by atoms with Crippen molar-refractivity contribution in [1.29, 1.82) is 5.26 Å². The Kier molecular flexibility index (Phi) is 9.63. The lowest BCUT2D eigenvalue weighted by molar-refractivity contribution is 0.0972. The summed E-state index contributed by atoms with van der Waals surface area (Å²) in [5.41, 5.74) is 1.53. The largest absolute Gasteiger partial charge is 0.491 e. The fraction of sp³-hybridized carbons (Fsp3) is 0.318. The molecule has 0 heterocycles. The van der Waals surface area contributed by atoms with Gasteiger partial charge in [0.05, 0.1) is 19.1 Å². The summed E-state index contributed by atoms with van der Waals surface area (Å²) in [7, 11) is 0. The third kappa shape index (κ3) is 7.90. The summed E-state index contributed by atoms with van der Waals surface area (Å²) >= 11 is 5.42. The standard InChI is InChI=1S/C22H25N3O3S/c1-2-27-15-16-28-20-11-9-19(10-12-20)21(26)24-22(29)25(14-6-13-23)17-18-7-4-3-5-8-18/h3-5,7-12H,2,6,14-17H2,1H3,(H,24,26,29). The Balaban J connectivity index is 1.93. The molecule has 2 rings (SSSR count). The van der Waals surface area contributed by atoms with E-state index in [4.69, 9.17) is 27.0 Å². The van der Waals surface area contributed by atoms with Crippen molar-refractivity contribution in [3.63, 3.8) is 0 Å². The zero-order chi connectivity index (χ0) is 20.9. The fourth-order valence-electron chi connectivity index (χ4n) is 2.55. The van der Waals surface area contributed by atoms with Gasteiger partial charge in [-0.3, -0.25) is 10.1 Å². The summed E-state index contributed by atoms with van der Waals surface area (Å²) in [4.78, 5) is 14.4. The van der Waals surface area contributed by atoms with E-state index in [2.05, 4.69) is 11.4 Å². The van der Waals surface area contributed by atoms with E-state index in [0.717, 1.165) is 5.56 Å². The minimum atomic E-state index is -0.300. The van der Waals surface area contributed by atoms with Crippen molar-refractivity contribution in [2.24, 2.45) is 0 Å². The van der Waals surface area contributed by atoms with Crippen molar-refractivity contribution >= 4 is 23.2 Å². The van der Waals surface area contributed by atoms with Crippen LogP contribution >= 0.6 is 12.2 Å². The first kappa shape index (κ1) is 22.3. The van der Waals surface area contributed by atoms with Gasteiger partial charge in [-0.15, -0.1) is 0 Å². The van der Waals surface area contributed by atoms with Crippen LogP contribution < -0.4 is 10.1 Å². The maximum atomic E-state index is 12.5. The molecule has 1 amide bonds. The quantitative estimate of drug-likeness (QED) is 0.476. The zero-order valence-corrected chi connectivity index (χ0v) is 17.3. The number of amides is 1. The van der Waals surface area contributed by atoms with Gasteiger partial charge in [-0.2, -0.15) is 5.26 Å². The number of thiocarbonyl (C=S) groups is 1. The smallest absolute Gasteiger partial charge is 0.257 e. The molecule has 0 atom stereocenters. The first-order chi connectivity index (χ1) is 14.1. The minimum absolute atomic E-state index is 0.297. The molecule has 0 saturated carbocycles. The first-order valence-corrected chi connectivity index (χ1v) is 9.86. The van der Waals surface area contributed by atoms with Gasteiger partial charge < -0.3 is 14.4 Å². The Morgan fingerprint density at radius 1 is 1.14 bits per heavy atom. The topological polar surface area (TPSA) is 74.6 Å². The molecule has 2 aromatic carbocycles. The maximum absolute atomic E-state index is 12.5. The van der Waals surface area contributed by atoms with E-state index in [1.165, 1.54) is 0 Å². The first-order valence-electron chi connectivity index (χ1n) is 9.45. The molecule has 0 aliphatic carbocycles. The van der Waals surface area contributed by atoms with Crippen LogP contribution in [0.25, 0.3) is 0 Å². The van der Waals surface area contributed by atoms with E-state index in [1.807, 2.05) is 42.2 Å². The average molecular weight is 412 g/mol. The van der Waals surface area contributed by atoms with Crippen LogP contribution in [-0.4, -0.2) is 42.3 Å². The molecule has 0 bridgehead atoms. The highest BCUT2D eigenvalue weighted by molar-refractivity contribution is 7.80. The summed E-state index contributed by atoms with van der Waals surface area (Å²) in [5.74, 6) is 0.370. The SMILES string of the molecule is CCOCCOc1ccc(C(=O)NC(=S)N(CCC#N)Cc2ccccc2)cc1. The second-order valence-electron chi connectivity index (χ2n) is 6.14. The van der Waals surface area contributed by atoms with Gasteiger partial charge in [-0.25, -0.2) is 0 Å². The predicted molar refractivity (Wildman–Crippen MR) is 116 cm³/mol. The molecule has 0 radical (unpaired) electrons. The molecule has 1 N–H and O–H groups in total. The third-order valence-corrected chi connectivity index (χ3v) is 4.39. The molecular weight excluding hydrogens is 386 g/mol. The highest BCUT2D eigenvalue weighted by Crippen LogP contribution is 2.12. The highest BCUT2D eigenvalue weighted by Gasteiger charge is 2.14. The molecule has 152 valence electrons. The third-order valence-electron chi connectivity index (χ3n) is 4.03. The molecule has 0 saturated heterocycles. The molecular formula is C22H25N3O3S. The average Bonchev–Trinajstić information content (AvgIpc) is 2.75. The van der Waals surface area contributed by atoms with Crippen LogP contribution in [0.5, 0.6) is 5.75 Å². The van der Waals surface area contributed by atoms with Gasteiger partial charge >= 0.3 is 0 Å². The second-order valence-corrected chi connectivity index (χ2v) is 6.53. The number of carbonyl (C=O) groups is 1. The van der Waals surface area contributed by atoms with Crippen LogP contribution in [0.4, 0.5) is 0 Å². The summed E-state index contributed by atoms with van der Waals surface area (Å²) in [6.45, 7) is 4.52. The van der Waals surface area contributed by atoms with Crippen molar-refractivity contribution in [3.05, 3.63) is 65.7 Å². The van der Waals surface area contributed by atoms with Crippen LogP contribution in [0.15, 0.2) is 54.6 Å². The Bertz CT molecular complexity index is 819. The van der Waals surface area contributed by atoms with Crippen LogP contribution in [0.1, 0.15) is 29.3 Å². The lowest BCUT2D eigenvalue weighted by Crippen LogP contribution is -2.42. The molecule has 2 aromatic rings. The van der Waals surface area contributed by atoms with Crippen LogP contribution in [0.2, 0.25) is 0 Å². The van der Waals surface area contributed by atoms with Crippen LogP contribution in [-0.2, 0) is 11.3 Å². The second kappa shape index (κ2) is 12.5. The maximum Gasteiger partial charge on any atom is 0.257 e. The van der Waals surface area contributed by atoms with E-state index < -0.39 is 0 Å². The number of nitrogens with one attached hydrogen (secondary N) is 1. The number of benzene rings is 2. The van der Waals surface area contributed by atoms with Gasteiger partial charge in [0.15, 0.2) is 5.11 Å². The van der Waals surface area contributed by atoms with Gasteiger partial charge in [0.2, 0.25) is 0 Å². The number of carbonyl (C=O) groups excluding carboxylic acids is 1. The number of ether oxygens (including phenoxy) is 2. The molecule has 0 fully saturated rings. The van der Waals surface area contributed by atoms with E-state index in [0.29, 0.717) is 55.8 Å². The molecule has 0 aliphatic rings. The lowest BCUT2D eigenvalue weighted by atomic mass is 10.2. The van der Waals surface area contributed by atoms with E-state index in [1.54, 1.807) is 24.3 Å². The van der Waals surface area contributed by atoms with E-state index >= 15 is 0 Å². The van der Waals surface area contributed by atoms with Crippen molar-refractivity contribution in [1.82, 2.24) is 10.2 Å². The molecule has 0 unspecified atom stereocenters. The van der Waals surface area contributed by atoms with Gasteiger partial charge in [0.1, 0.15) is 12.4 Å². The van der Waals surface area contributed by atoms with E-state index in [9.17, 15) is 4.79 Å². The highest BCUT2D eigenvalue weighted by atomic mass is 32.1. The number of hydrogen-bond acceptors (Lipinski definition) is 5. The summed E-state index contributed by atoms with van der Waals surface area (Å²) in [5, 5.41) is 12.0. The molecule has 0 aliphatic heterocycles. The molecule has 29 heavy (non-hydrogen) atoms. The number of hydrogen-bond donors (Lipinski definition) is 1. The minimum Gasteiger partial charge on any atom is -0.491 e. The Morgan fingerprint density at radius 3 is 2.52 bits per heavy atom. The molecule has 0 spiro atoms. The number of nitriles is 1. The van der Waals surface area contributed by atoms with E-state index in [-0.39, 0.29) is 5.91 Å². The van der Waals surface area contributed by atoms with Gasteiger partial charge in [0.25, 0.3) is 5.91 Å². The van der Waals surface area contributed by atoms with Crippen molar-refractivity contribution in [2.75, 3.05) is 26.4 Å². The van der Waals surface area contributed by atoms with Gasteiger partial charge in [0, 0.05) is 25.3 Å². The molecule has 0 aromatic heterocycles. The van der Waals surface area contributed by atoms with Crippen molar-refractivity contribution in [3.8, 4) is 11.8 Å². The predicted octanol–water partition coefficient (Wildman–Crippen LogP) is 3.53. The van der Waals surface area contributed by atoms with Gasteiger partial charge in [-0.05, 0) is 49.0 Å². The number of nitrogens with zero attached hydrogens (tertiary/aromatic N) is 2. The van der Waals surface area contributed by atoms with Crippen LogP contribution in [0, 0.1) is 11.3 Å². The normalized spacial score (nSPS) is 10.1.